The third kappa shape index (κ3) is 2.42. The summed E-state index contributed by atoms with van der Waals surface area (Å²) in [5, 5.41) is 8.76. The molecule has 0 spiro atoms. The van der Waals surface area contributed by atoms with Crippen LogP contribution in [-0.4, -0.2) is 21.0 Å². The molecule has 0 amide bonds. The van der Waals surface area contributed by atoms with E-state index in [0.29, 0.717) is 17.1 Å². The van der Waals surface area contributed by atoms with Gasteiger partial charge in [0.2, 0.25) is 0 Å². The van der Waals surface area contributed by atoms with Crippen molar-refractivity contribution in [3.8, 4) is 11.3 Å². The number of aromatic carboxylic acids is 1. The summed E-state index contributed by atoms with van der Waals surface area (Å²) in [4.78, 5) is 18.7. The Bertz CT molecular complexity index is 569. The van der Waals surface area contributed by atoms with Gasteiger partial charge >= 0.3 is 5.97 Å². The van der Waals surface area contributed by atoms with Gasteiger partial charge in [-0.1, -0.05) is 0 Å². The summed E-state index contributed by atoms with van der Waals surface area (Å²) in [5.41, 5.74) is 7.11. The summed E-state index contributed by atoms with van der Waals surface area (Å²) in [6.07, 6.45) is 2.88. The molecule has 2 rings (SSSR count). The van der Waals surface area contributed by atoms with Gasteiger partial charge in [0.15, 0.2) is 0 Å². The summed E-state index contributed by atoms with van der Waals surface area (Å²) in [6.45, 7) is 0. The number of nitrogens with two attached hydrogens (primary N) is 1. The third-order valence-corrected chi connectivity index (χ3v) is 2.61. The maximum atomic E-state index is 10.7. The minimum Gasteiger partial charge on any atom is -0.478 e. The molecule has 0 aliphatic carbocycles. The average Bonchev–Trinajstić information content (AvgIpc) is 2.32. The molecule has 5 nitrogen and oxygen atoms in total. The molecule has 0 bridgehead atoms. The van der Waals surface area contributed by atoms with Crippen molar-refractivity contribution in [2.24, 2.45) is 0 Å². The number of hydrogen-bond donors (Lipinski definition) is 2. The zero-order valence-corrected chi connectivity index (χ0v) is 10.2. The Kier molecular flexibility index (Phi) is 3.06. The highest BCUT2D eigenvalue weighted by Crippen LogP contribution is 2.25. The minimum atomic E-state index is -1.01. The van der Waals surface area contributed by atoms with Crippen LogP contribution >= 0.6 is 15.9 Å². The van der Waals surface area contributed by atoms with Gasteiger partial charge in [0.1, 0.15) is 5.82 Å². The first-order valence-electron chi connectivity index (χ1n) is 4.68. The fourth-order valence-electron chi connectivity index (χ4n) is 1.33. The maximum absolute atomic E-state index is 10.7. The second-order valence-corrected chi connectivity index (χ2v) is 4.24. The first-order chi connectivity index (χ1) is 8.08. The Morgan fingerprint density at radius 3 is 2.65 bits per heavy atom. The number of aromatic nitrogens is 2. The van der Waals surface area contributed by atoms with Crippen molar-refractivity contribution in [1.29, 1.82) is 0 Å². The number of pyridine rings is 2. The molecule has 0 saturated carbocycles. The highest BCUT2D eigenvalue weighted by Gasteiger charge is 2.08. The van der Waals surface area contributed by atoms with Gasteiger partial charge in [-0.3, -0.25) is 4.98 Å². The van der Waals surface area contributed by atoms with Gasteiger partial charge in [-0.25, -0.2) is 9.78 Å². The quantitative estimate of drug-likeness (QED) is 0.886. The molecule has 0 radical (unpaired) electrons. The van der Waals surface area contributed by atoms with Crippen molar-refractivity contribution in [1.82, 2.24) is 9.97 Å². The van der Waals surface area contributed by atoms with Crippen LogP contribution in [0, 0.1) is 0 Å². The standard InChI is InChI=1S/C11H8BrN3O2/c12-7-3-8(10(13)15-5-7)9-2-1-6(4-14-9)11(16)17/h1-5H,(H2,13,15)(H,16,17). The Morgan fingerprint density at radius 1 is 1.29 bits per heavy atom. The fraction of sp³-hybridized carbons (Fsp3) is 0. The maximum Gasteiger partial charge on any atom is 0.337 e. The van der Waals surface area contributed by atoms with E-state index in [9.17, 15) is 4.79 Å². The highest BCUT2D eigenvalue weighted by atomic mass is 79.9. The molecule has 2 aromatic heterocycles. The van der Waals surface area contributed by atoms with Crippen LogP contribution in [-0.2, 0) is 0 Å². The van der Waals surface area contributed by atoms with Crippen LogP contribution < -0.4 is 5.73 Å². The van der Waals surface area contributed by atoms with Crippen LogP contribution in [0.5, 0.6) is 0 Å². The fourth-order valence-corrected chi connectivity index (χ4v) is 1.67. The molecule has 17 heavy (non-hydrogen) atoms. The van der Waals surface area contributed by atoms with E-state index in [-0.39, 0.29) is 5.56 Å². The Morgan fingerprint density at radius 2 is 2.06 bits per heavy atom. The summed E-state index contributed by atoms with van der Waals surface area (Å²) in [5.74, 6) is -0.659. The lowest BCUT2D eigenvalue weighted by atomic mass is 10.1. The van der Waals surface area contributed by atoms with Crippen molar-refractivity contribution < 1.29 is 9.90 Å². The van der Waals surface area contributed by atoms with E-state index in [2.05, 4.69) is 25.9 Å². The molecule has 0 unspecified atom stereocenters. The largest absolute Gasteiger partial charge is 0.478 e. The van der Waals surface area contributed by atoms with E-state index in [1.54, 1.807) is 18.3 Å². The number of carboxylic acids is 1. The van der Waals surface area contributed by atoms with Crippen LogP contribution in [0.15, 0.2) is 35.1 Å². The first-order valence-corrected chi connectivity index (χ1v) is 5.48. The van der Waals surface area contributed by atoms with Gasteiger partial charge < -0.3 is 10.8 Å². The molecule has 0 atom stereocenters. The number of carboxylic acid groups (broad SMARTS) is 1. The summed E-state index contributed by atoms with van der Waals surface area (Å²) >= 11 is 3.29. The topological polar surface area (TPSA) is 89.1 Å². The van der Waals surface area contributed by atoms with E-state index >= 15 is 0 Å². The number of hydrogen-bond acceptors (Lipinski definition) is 4. The second-order valence-electron chi connectivity index (χ2n) is 3.32. The molecular weight excluding hydrogens is 286 g/mol. The van der Waals surface area contributed by atoms with Crippen LogP contribution in [0.1, 0.15) is 10.4 Å². The van der Waals surface area contributed by atoms with Gasteiger partial charge in [-0.15, -0.1) is 0 Å². The molecule has 0 aliphatic rings. The van der Waals surface area contributed by atoms with Crippen LogP contribution in [0.2, 0.25) is 0 Å². The molecule has 0 saturated heterocycles. The molecular formula is C11H8BrN3O2. The summed E-state index contributed by atoms with van der Waals surface area (Å²) in [6, 6.07) is 4.86. The number of rotatable bonds is 2. The van der Waals surface area contributed by atoms with Gasteiger partial charge in [-0.2, -0.15) is 0 Å². The lowest BCUT2D eigenvalue weighted by Crippen LogP contribution is -1.99. The van der Waals surface area contributed by atoms with Crippen LogP contribution in [0.25, 0.3) is 11.3 Å². The molecule has 3 N–H and O–H groups in total. The van der Waals surface area contributed by atoms with Gasteiger partial charge in [0.25, 0.3) is 0 Å². The van der Waals surface area contributed by atoms with Crippen LogP contribution in [0.3, 0.4) is 0 Å². The second kappa shape index (κ2) is 4.50. The molecule has 6 heteroatoms. The number of nitrogens with zero attached hydrogens (tertiary/aromatic N) is 2. The van der Waals surface area contributed by atoms with Crippen molar-refractivity contribution in [3.05, 3.63) is 40.6 Å². The van der Waals surface area contributed by atoms with Crippen molar-refractivity contribution in [3.63, 3.8) is 0 Å². The first kappa shape index (κ1) is 11.5. The lowest BCUT2D eigenvalue weighted by molar-refractivity contribution is 0.0696. The van der Waals surface area contributed by atoms with Crippen molar-refractivity contribution >= 4 is 27.7 Å². The van der Waals surface area contributed by atoms with Crippen molar-refractivity contribution in [2.75, 3.05) is 5.73 Å². The molecule has 0 aromatic carbocycles. The highest BCUT2D eigenvalue weighted by molar-refractivity contribution is 9.10. The average molecular weight is 294 g/mol. The minimum absolute atomic E-state index is 0.135. The molecule has 0 aliphatic heterocycles. The molecule has 0 fully saturated rings. The predicted octanol–water partition coefficient (Wildman–Crippen LogP) is 2.19. The third-order valence-electron chi connectivity index (χ3n) is 2.17. The van der Waals surface area contributed by atoms with Crippen molar-refractivity contribution in [2.45, 2.75) is 0 Å². The Hall–Kier alpha value is -1.95. The summed E-state index contributed by atoms with van der Waals surface area (Å²) < 4.78 is 0.783. The van der Waals surface area contributed by atoms with E-state index < -0.39 is 5.97 Å². The van der Waals surface area contributed by atoms with Crippen LogP contribution in [0.4, 0.5) is 5.82 Å². The lowest BCUT2D eigenvalue weighted by Gasteiger charge is -2.04. The Balaban J connectivity index is 2.46. The van der Waals surface area contributed by atoms with E-state index in [0.717, 1.165) is 4.47 Å². The smallest absolute Gasteiger partial charge is 0.337 e. The van der Waals surface area contributed by atoms with Gasteiger partial charge in [0, 0.05) is 22.4 Å². The zero-order chi connectivity index (χ0) is 12.4. The van der Waals surface area contributed by atoms with E-state index in [1.165, 1.54) is 12.3 Å². The predicted molar refractivity (Wildman–Crippen MR) is 66.5 cm³/mol. The number of nitrogen functional groups attached to an aromatic ring is 1. The SMILES string of the molecule is Nc1ncc(Br)cc1-c1ccc(C(=O)O)cn1. The monoisotopic (exact) mass is 293 g/mol. The number of anilines is 1. The molecule has 86 valence electrons. The normalized spacial score (nSPS) is 10.2. The Labute approximate surface area is 105 Å². The molecule has 2 heterocycles. The zero-order valence-electron chi connectivity index (χ0n) is 8.59. The summed E-state index contributed by atoms with van der Waals surface area (Å²) in [7, 11) is 0. The number of halogens is 1. The number of carbonyl (C=O) groups is 1. The van der Waals surface area contributed by atoms with E-state index in [4.69, 9.17) is 10.8 Å². The van der Waals surface area contributed by atoms with E-state index in [1.807, 2.05) is 0 Å². The molecule has 2 aromatic rings. The van der Waals surface area contributed by atoms with Gasteiger partial charge in [-0.05, 0) is 34.1 Å². The van der Waals surface area contributed by atoms with Gasteiger partial charge in [0.05, 0.1) is 11.3 Å².